The fourth-order valence-corrected chi connectivity index (χ4v) is 5.02. The molecule has 6 rings (SSSR count). The molecule has 0 saturated carbocycles. The molecule has 4 heterocycles. The van der Waals surface area contributed by atoms with Crippen LogP contribution < -0.4 is 21.3 Å². The minimum atomic E-state index is -0.799. The third kappa shape index (κ3) is 3.88. The van der Waals surface area contributed by atoms with E-state index in [1.807, 2.05) is 48.5 Å². The summed E-state index contributed by atoms with van der Waals surface area (Å²) in [6.07, 6.45) is 2.98. The van der Waals surface area contributed by atoms with Crippen molar-refractivity contribution < 1.29 is 18.9 Å². The zero-order chi connectivity index (χ0) is 26.4. The number of piperidine rings is 1. The predicted octanol–water partition coefficient (Wildman–Crippen LogP) is 2.93. The van der Waals surface area contributed by atoms with Crippen LogP contribution in [0.5, 0.6) is 0 Å². The van der Waals surface area contributed by atoms with E-state index in [-0.39, 0.29) is 28.9 Å². The number of amides is 3. The van der Waals surface area contributed by atoms with E-state index in [9.17, 15) is 14.4 Å². The fraction of sp³-hybridized carbons (Fsp3) is 0.222. The highest BCUT2D eigenvalue weighted by Crippen LogP contribution is 2.36. The number of carbonyl (C=O) groups is 3. The normalized spacial score (nSPS) is 15.1. The lowest BCUT2D eigenvalue weighted by Gasteiger charge is -2.28. The predicted molar refractivity (Wildman–Crippen MR) is 140 cm³/mol. The van der Waals surface area contributed by atoms with Gasteiger partial charge in [-0.15, -0.1) is 0 Å². The Morgan fingerprint density at radius 1 is 0.974 bits per heavy atom. The molecule has 0 atom stereocenters. The van der Waals surface area contributed by atoms with Crippen molar-refractivity contribution in [3.63, 3.8) is 0 Å². The topological polar surface area (TPSA) is 154 Å². The number of nitrogen functional groups attached to an aromatic ring is 1. The summed E-state index contributed by atoms with van der Waals surface area (Å²) >= 11 is 0. The summed E-state index contributed by atoms with van der Waals surface area (Å²) in [7, 11) is 0. The molecule has 3 amide bonds. The number of primary amides is 1. The summed E-state index contributed by atoms with van der Waals surface area (Å²) < 4.78 is 6.69. The molecule has 2 aliphatic heterocycles. The lowest BCUT2D eigenvalue weighted by Crippen LogP contribution is -2.35. The van der Waals surface area contributed by atoms with Crippen molar-refractivity contribution in [1.29, 1.82) is 0 Å². The minimum Gasteiger partial charge on any atom is -0.392 e. The van der Waals surface area contributed by atoms with Gasteiger partial charge in [-0.05, 0) is 37.0 Å². The number of benzene rings is 2. The first-order valence-corrected chi connectivity index (χ1v) is 12.4. The molecular formula is C27H25N7O4. The van der Waals surface area contributed by atoms with E-state index in [0.717, 1.165) is 29.7 Å². The number of carbonyl (C=O) groups excluding carboxylic acids is 3. The first-order valence-electron chi connectivity index (χ1n) is 12.4. The number of fused-ring (bicyclic) bond motifs is 1. The first-order chi connectivity index (χ1) is 18.4. The van der Waals surface area contributed by atoms with Crippen LogP contribution in [-0.4, -0.2) is 45.7 Å². The molecule has 0 aliphatic carbocycles. The van der Waals surface area contributed by atoms with Crippen molar-refractivity contribution in [2.24, 2.45) is 5.73 Å². The quantitative estimate of drug-likeness (QED) is 0.418. The smallest absolute Gasteiger partial charge is 0.277 e. The van der Waals surface area contributed by atoms with Crippen molar-refractivity contribution in [1.82, 2.24) is 14.9 Å². The Bertz CT molecular complexity index is 1570. The molecule has 2 aromatic carbocycles. The Hall–Kier alpha value is -4.93. The number of hydrogen-bond donors (Lipinski definition) is 2. The second-order valence-corrected chi connectivity index (χ2v) is 9.33. The average molecular weight is 512 g/mol. The van der Waals surface area contributed by atoms with Gasteiger partial charge in [0.05, 0.1) is 0 Å². The van der Waals surface area contributed by atoms with E-state index in [4.69, 9.17) is 16.0 Å². The SMILES string of the molecule is NC(=O)c1cc(C(=O)N2CCc3ccc(N4CCCCC4=O)cc32)n(-c2onc(-c3ccccc3)c2N)n1. The monoisotopic (exact) mass is 511 g/mol. The van der Waals surface area contributed by atoms with Gasteiger partial charge in [-0.1, -0.05) is 41.6 Å². The van der Waals surface area contributed by atoms with E-state index in [1.165, 1.54) is 10.7 Å². The summed E-state index contributed by atoms with van der Waals surface area (Å²) in [5.74, 6) is -1.13. The Morgan fingerprint density at radius 2 is 1.79 bits per heavy atom. The molecule has 4 N–H and O–H groups in total. The number of anilines is 3. The van der Waals surface area contributed by atoms with E-state index < -0.39 is 11.8 Å². The standard InChI is InChI=1S/C27H25N7O4/c28-23-24(17-6-2-1-3-7-17)31-38-27(23)34-21(15-19(30-34)25(29)36)26(37)33-13-11-16-9-10-18(14-20(16)33)32-12-5-4-8-22(32)35/h1-3,6-7,9-10,14-15H,4-5,8,11-13,28H2,(H2,29,36). The zero-order valence-electron chi connectivity index (χ0n) is 20.5. The van der Waals surface area contributed by atoms with Crippen LogP contribution in [0.25, 0.3) is 17.1 Å². The van der Waals surface area contributed by atoms with E-state index in [2.05, 4.69) is 10.3 Å². The maximum Gasteiger partial charge on any atom is 0.277 e. The molecule has 0 radical (unpaired) electrons. The number of aromatic nitrogens is 3. The summed E-state index contributed by atoms with van der Waals surface area (Å²) in [5, 5.41) is 8.31. The summed E-state index contributed by atoms with van der Waals surface area (Å²) in [5.41, 5.74) is 15.5. The van der Waals surface area contributed by atoms with Crippen LogP contribution in [0, 0.1) is 0 Å². The molecule has 38 heavy (non-hydrogen) atoms. The van der Waals surface area contributed by atoms with E-state index >= 15 is 0 Å². The lowest BCUT2D eigenvalue weighted by molar-refractivity contribution is -0.119. The zero-order valence-corrected chi connectivity index (χ0v) is 20.5. The molecule has 2 aliphatic rings. The summed E-state index contributed by atoms with van der Waals surface area (Å²) in [4.78, 5) is 41.8. The van der Waals surface area contributed by atoms with E-state index in [0.29, 0.717) is 37.3 Å². The maximum absolute atomic E-state index is 13.9. The molecule has 1 saturated heterocycles. The van der Waals surface area contributed by atoms with Crippen molar-refractivity contribution in [3.05, 3.63) is 71.5 Å². The summed E-state index contributed by atoms with van der Waals surface area (Å²) in [6.45, 7) is 1.07. The third-order valence-electron chi connectivity index (χ3n) is 6.97. The number of nitrogens with zero attached hydrogens (tertiary/aromatic N) is 5. The lowest BCUT2D eigenvalue weighted by atomic mass is 10.1. The Labute approximate surface area is 217 Å². The highest BCUT2D eigenvalue weighted by atomic mass is 16.5. The van der Waals surface area contributed by atoms with Gasteiger partial charge in [-0.25, -0.2) is 0 Å². The van der Waals surface area contributed by atoms with Crippen LogP contribution in [-0.2, 0) is 11.2 Å². The average Bonchev–Trinajstić information content (AvgIpc) is 3.65. The van der Waals surface area contributed by atoms with Gasteiger partial charge in [0.1, 0.15) is 17.1 Å². The number of hydrogen-bond acceptors (Lipinski definition) is 7. The van der Waals surface area contributed by atoms with Gasteiger partial charge in [-0.3, -0.25) is 14.4 Å². The van der Waals surface area contributed by atoms with Crippen LogP contribution in [0.15, 0.2) is 59.1 Å². The van der Waals surface area contributed by atoms with Crippen molar-refractivity contribution >= 4 is 34.8 Å². The van der Waals surface area contributed by atoms with Crippen molar-refractivity contribution in [2.75, 3.05) is 28.6 Å². The Morgan fingerprint density at radius 3 is 2.55 bits per heavy atom. The molecule has 1 fully saturated rings. The Kier molecular flexibility index (Phi) is 5.67. The highest BCUT2D eigenvalue weighted by molar-refractivity contribution is 6.08. The van der Waals surface area contributed by atoms with Gasteiger partial charge in [0.25, 0.3) is 17.7 Å². The second-order valence-electron chi connectivity index (χ2n) is 9.33. The first kappa shape index (κ1) is 23.5. The molecule has 192 valence electrons. The molecule has 11 nitrogen and oxygen atoms in total. The van der Waals surface area contributed by atoms with Crippen LogP contribution in [0.3, 0.4) is 0 Å². The van der Waals surface area contributed by atoms with E-state index in [1.54, 1.807) is 9.80 Å². The van der Waals surface area contributed by atoms with Gasteiger partial charge in [0, 0.05) is 42.5 Å². The maximum atomic E-state index is 13.9. The molecule has 0 unspecified atom stereocenters. The fourth-order valence-electron chi connectivity index (χ4n) is 5.02. The molecule has 0 bridgehead atoms. The molecular weight excluding hydrogens is 486 g/mol. The van der Waals surface area contributed by atoms with Crippen LogP contribution in [0.1, 0.15) is 45.8 Å². The Balaban J connectivity index is 1.39. The van der Waals surface area contributed by atoms with Gasteiger partial charge in [0.15, 0.2) is 5.69 Å². The number of rotatable bonds is 5. The third-order valence-corrected chi connectivity index (χ3v) is 6.97. The minimum absolute atomic E-state index is 0.00628. The molecule has 11 heteroatoms. The van der Waals surface area contributed by atoms with Gasteiger partial charge >= 0.3 is 0 Å². The second kappa shape index (κ2) is 9.18. The summed E-state index contributed by atoms with van der Waals surface area (Å²) in [6, 6.07) is 16.3. The van der Waals surface area contributed by atoms with Crippen molar-refractivity contribution in [3.8, 4) is 17.1 Å². The van der Waals surface area contributed by atoms with Gasteiger partial charge < -0.3 is 25.8 Å². The number of nitrogens with two attached hydrogens (primary N) is 2. The van der Waals surface area contributed by atoms with Gasteiger partial charge in [-0.2, -0.15) is 9.78 Å². The highest BCUT2D eigenvalue weighted by Gasteiger charge is 2.32. The largest absolute Gasteiger partial charge is 0.392 e. The van der Waals surface area contributed by atoms with Gasteiger partial charge in [0.2, 0.25) is 5.91 Å². The van der Waals surface area contributed by atoms with Crippen molar-refractivity contribution in [2.45, 2.75) is 25.7 Å². The van der Waals surface area contributed by atoms with Crippen LogP contribution >= 0.6 is 0 Å². The molecule has 4 aromatic rings. The molecule has 2 aromatic heterocycles. The van der Waals surface area contributed by atoms with Crippen LogP contribution in [0.2, 0.25) is 0 Å². The van der Waals surface area contributed by atoms with Crippen LogP contribution in [0.4, 0.5) is 17.1 Å². The molecule has 0 spiro atoms.